The largest absolute Gasteiger partial charge is 0.473 e. The van der Waals surface area contributed by atoms with E-state index in [4.69, 9.17) is 4.74 Å². The van der Waals surface area contributed by atoms with Gasteiger partial charge in [-0.05, 0) is 53.8 Å². The van der Waals surface area contributed by atoms with Crippen molar-refractivity contribution < 1.29 is 4.74 Å². The fourth-order valence-corrected chi connectivity index (χ4v) is 2.87. The quantitative estimate of drug-likeness (QED) is 0.833. The Morgan fingerprint density at radius 3 is 2.69 bits per heavy atom. The van der Waals surface area contributed by atoms with Crippen LogP contribution in [-0.4, -0.2) is 35.6 Å². The van der Waals surface area contributed by atoms with Gasteiger partial charge in [0.2, 0.25) is 5.88 Å². The summed E-state index contributed by atoms with van der Waals surface area (Å²) in [7, 11) is 0. The van der Waals surface area contributed by atoms with Gasteiger partial charge in [-0.2, -0.15) is 0 Å². The van der Waals surface area contributed by atoms with E-state index in [0.29, 0.717) is 6.10 Å². The smallest absolute Gasteiger partial charge is 0.213 e. The molecule has 3 aliphatic heterocycles. The number of fused-ring (bicyclic) bond motifs is 3. The number of halogens is 1. The van der Waals surface area contributed by atoms with Crippen molar-refractivity contribution >= 4 is 15.9 Å². The Morgan fingerprint density at radius 2 is 2.12 bits per heavy atom. The van der Waals surface area contributed by atoms with Gasteiger partial charge in [0.05, 0.1) is 0 Å². The molecule has 0 saturated carbocycles. The van der Waals surface area contributed by atoms with Crippen molar-refractivity contribution in [3.05, 3.63) is 22.8 Å². The van der Waals surface area contributed by atoms with Crippen LogP contribution >= 0.6 is 15.9 Å². The molecule has 4 rings (SSSR count). The van der Waals surface area contributed by atoms with Gasteiger partial charge in [0.15, 0.2) is 0 Å². The van der Waals surface area contributed by atoms with E-state index in [1.165, 1.54) is 25.9 Å². The second-order valence-corrected chi connectivity index (χ2v) is 5.52. The molecule has 1 aromatic heterocycles. The summed E-state index contributed by atoms with van der Waals surface area (Å²) in [4.78, 5) is 6.76. The molecular formula is C12H15BrN2O. The zero-order valence-corrected chi connectivity index (χ0v) is 10.7. The first-order valence-corrected chi connectivity index (χ1v) is 6.61. The van der Waals surface area contributed by atoms with Gasteiger partial charge in [-0.3, -0.25) is 4.90 Å². The predicted molar refractivity (Wildman–Crippen MR) is 65.5 cm³/mol. The molecule has 3 nitrogen and oxygen atoms in total. The average molecular weight is 283 g/mol. The molecule has 16 heavy (non-hydrogen) atoms. The Hall–Kier alpha value is -0.610. The van der Waals surface area contributed by atoms with Crippen molar-refractivity contribution in [2.24, 2.45) is 5.92 Å². The maximum absolute atomic E-state index is 5.97. The maximum Gasteiger partial charge on any atom is 0.213 e. The molecule has 0 radical (unpaired) electrons. The fraction of sp³-hybridized carbons (Fsp3) is 0.583. The first kappa shape index (κ1) is 10.5. The molecule has 0 aromatic carbocycles. The number of piperidine rings is 3. The number of aromatic nitrogens is 1. The number of pyridine rings is 1. The second-order valence-electron chi connectivity index (χ2n) is 4.61. The standard InChI is InChI=1S/C12H15BrN2O/c13-10-1-2-12(14-7-10)16-11-8-15-5-3-9(11)4-6-15/h1-2,7,9,11H,3-6,8H2/t11-/m0/s1. The lowest BCUT2D eigenvalue weighted by Crippen LogP contribution is -2.52. The third kappa shape index (κ3) is 2.09. The molecule has 1 aromatic rings. The Morgan fingerprint density at radius 1 is 1.31 bits per heavy atom. The number of hydrogen-bond acceptors (Lipinski definition) is 3. The summed E-state index contributed by atoms with van der Waals surface area (Å²) in [5.74, 6) is 1.48. The normalized spacial score (nSPS) is 32.7. The van der Waals surface area contributed by atoms with Crippen molar-refractivity contribution in [3.8, 4) is 5.88 Å². The molecule has 2 bridgehead atoms. The first-order chi connectivity index (χ1) is 7.81. The van der Waals surface area contributed by atoms with E-state index in [1.807, 2.05) is 12.1 Å². The van der Waals surface area contributed by atoms with Gasteiger partial charge in [0.25, 0.3) is 0 Å². The molecule has 0 amide bonds. The zero-order valence-electron chi connectivity index (χ0n) is 9.10. The second kappa shape index (κ2) is 4.34. The van der Waals surface area contributed by atoms with Gasteiger partial charge in [0.1, 0.15) is 6.10 Å². The lowest BCUT2D eigenvalue weighted by atomic mass is 9.86. The Bertz CT molecular complexity index is 360. The number of hydrogen-bond donors (Lipinski definition) is 0. The lowest BCUT2D eigenvalue weighted by Gasteiger charge is -2.44. The minimum Gasteiger partial charge on any atom is -0.473 e. The summed E-state index contributed by atoms with van der Waals surface area (Å²) in [5, 5.41) is 0. The lowest BCUT2D eigenvalue weighted by molar-refractivity contribution is -0.00994. The third-order valence-corrected chi connectivity index (χ3v) is 4.04. The molecule has 3 aliphatic rings. The molecule has 0 aliphatic carbocycles. The Kier molecular flexibility index (Phi) is 2.86. The topological polar surface area (TPSA) is 25.4 Å². The average Bonchev–Trinajstić information content (AvgIpc) is 2.34. The maximum atomic E-state index is 5.97. The summed E-state index contributed by atoms with van der Waals surface area (Å²) in [6.07, 6.45) is 4.69. The predicted octanol–water partition coefficient (Wildman–Crippen LogP) is 2.32. The first-order valence-electron chi connectivity index (χ1n) is 5.82. The van der Waals surface area contributed by atoms with Crippen LogP contribution in [0.3, 0.4) is 0 Å². The Balaban J connectivity index is 1.68. The third-order valence-electron chi connectivity index (χ3n) is 3.57. The van der Waals surface area contributed by atoms with E-state index in [-0.39, 0.29) is 0 Å². The van der Waals surface area contributed by atoms with Crippen LogP contribution in [0.5, 0.6) is 5.88 Å². The molecule has 86 valence electrons. The van der Waals surface area contributed by atoms with E-state index >= 15 is 0 Å². The zero-order chi connectivity index (χ0) is 11.0. The monoisotopic (exact) mass is 282 g/mol. The van der Waals surface area contributed by atoms with Crippen LogP contribution in [-0.2, 0) is 0 Å². The van der Waals surface area contributed by atoms with Crippen LogP contribution in [0.2, 0.25) is 0 Å². The van der Waals surface area contributed by atoms with E-state index in [1.54, 1.807) is 6.20 Å². The molecule has 0 spiro atoms. The van der Waals surface area contributed by atoms with Gasteiger partial charge in [0, 0.05) is 23.3 Å². The van der Waals surface area contributed by atoms with Gasteiger partial charge < -0.3 is 4.74 Å². The molecule has 3 saturated heterocycles. The molecule has 4 heterocycles. The number of ether oxygens (including phenoxy) is 1. The van der Waals surface area contributed by atoms with Gasteiger partial charge in [-0.15, -0.1) is 0 Å². The van der Waals surface area contributed by atoms with E-state index in [2.05, 4.69) is 25.8 Å². The highest BCUT2D eigenvalue weighted by atomic mass is 79.9. The van der Waals surface area contributed by atoms with Gasteiger partial charge >= 0.3 is 0 Å². The van der Waals surface area contributed by atoms with Crippen LogP contribution < -0.4 is 4.74 Å². The van der Waals surface area contributed by atoms with Crippen molar-refractivity contribution in [2.45, 2.75) is 18.9 Å². The van der Waals surface area contributed by atoms with Gasteiger partial charge in [-0.25, -0.2) is 4.98 Å². The van der Waals surface area contributed by atoms with Crippen molar-refractivity contribution in [1.82, 2.24) is 9.88 Å². The minimum absolute atomic E-state index is 0.344. The van der Waals surface area contributed by atoms with E-state index in [0.717, 1.165) is 22.8 Å². The van der Waals surface area contributed by atoms with Crippen LogP contribution in [0.4, 0.5) is 0 Å². The molecule has 1 atom stereocenters. The van der Waals surface area contributed by atoms with Crippen LogP contribution in [0.15, 0.2) is 22.8 Å². The molecule has 0 N–H and O–H groups in total. The molecule has 3 fully saturated rings. The highest BCUT2D eigenvalue weighted by molar-refractivity contribution is 9.10. The van der Waals surface area contributed by atoms with Crippen LogP contribution in [0, 0.1) is 5.92 Å². The minimum atomic E-state index is 0.344. The summed E-state index contributed by atoms with van der Waals surface area (Å²) < 4.78 is 6.96. The molecular weight excluding hydrogens is 268 g/mol. The molecule has 0 unspecified atom stereocenters. The SMILES string of the molecule is Brc1ccc(O[C@H]2CN3CCC2CC3)nc1. The summed E-state index contributed by atoms with van der Waals surface area (Å²) >= 11 is 3.38. The van der Waals surface area contributed by atoms with Crippen molar-refractivity contribution in [2.75, 3.05) is 19.6 Å². The summed E-state index contributed by atoms with van der Waals surface area (Å²) in [6, 6.07) is 3.91. The van der Waals surface area contributed by atoms with E-state index < -0.39 is 0 Å². The van der Waals surface area contributed by atoms with Crippen molar-refractivity contribution in [3.63, 3.8) is 0 Å². The highest BCUT2D eigenvalue weighted by Gasteiger charge is 2.35. The van der Waals surface area contributed by atoms with Crippen LogP contribution in [0.1, 0.15) is 12.8 Å². The molecule has 4 heteroatoms. The van der Waals surface area contributed by atoms with Crippen molar-refractivity contribution in [1.29, 1.82) is 0 Å². The Labute approximate surface area is 104 Å². The summed E-state index contributed by atoms with van der Waals surface area (Å²) in [5.41, 5.74) is 0. The fourth-order valence-electron chi connectivity index (χ4n) is 2.63. The number of nitrogens with zero attached hydrogens (tertiary/aromatic N) is 2. The van der Waals surface area contributed by atoms with Gasteiger partial charge in [-0.1, -0.05) is 0 Å². The highest BCUT2D eigenvalue weighted by Crippen LogP contribution is 2.30. The summed E-state index contributed by atoms with van der Waals surface area (Å²) in [6.45, 7) is 3.57. The number of rotatable bonds is 2. The van der Waals surface area contributed by atoms with Crippen LogP contribution in [0.25, 0.3) is 0 Å². The van der Waals surface area contributed by atoms with E-state index in [9.17, 15) is 0 Å².